The minimum absolute atomic E-state index is 0.0970. The molecule has 0 amide bonds. The molecule has 0 saturated carbocycles. The van der Waals surface area contributed by atoms with Crippen LogP contribution in [0.15, 0.2) is 30.3 Å². The summed E-state index contributed by atoms with van der Waals surface area (Å²) >= 11 is 0. The highest BCUT2D eigenvalue weighted by Gasteiger charge is 2.39. The van der Waals surface area contributed by atoms with Gasteiger partial charge in [-0.15, -0.1) is 0 Å². The number of pyridine rings is 1. The number of rotatable bonds is 5. The third kappa shape index (κ3) is 3.68. The van der Waals surface area contributed by atoms with E-state index in [4.69, 9.17) is 29.2 Å². The van der Waals surface area contributed by atoms with Gasteiger partial charge in [-0.3, -0.25) is 0 Å². The standard InChI is InChI=1S/C27H31N5O4/c1-34-24-9-2-16(10-17(24)13-33)23-8-7-22-25(28-23)29-27(32-12-21-6-4-19(32)15-36-21)30-26(22)31-11-20-5-3-18(31)14-35-20/h2,7-10,18-21,33H,3-6,11-15H2,1H3. The maximum atomic E-state index is 9.80. The Bertz CT molecular complexity index is 1290. The average Bonchev–Trinajstić information content (AvgIpc) is 2.97. The molecule has 0 spiro atoms. The Kier molecular flexibility index (Phi) is 5.45. The SMILES string of the molecule is COc1ccc(-c2ccc3c(N4CC5CCC4CO5)nc(N4CC5CCC4CO5)nc3n2)cc1CO. The smallest absolute Gasteiger partial charge is 0.229 e. The van der Waals surface area contributed by atoms with Crippen LogP contribution in [-0.4, -0.2) is 77.8 Å². The molecule has 9 rings (SSSR count). The van der Waals surface area contributed by atoms with Gasteiger partial charge in [0.25, 0.3) is 0 Å². The number of morpholine rings is 2. The number of anilines is 2. The first-order chi connectivity index (χ1) is 17.7. The molecule has 6 aliphatic heterocycles. The number of aliphatic hydroxyl groups excluding tert-OH is 1. The van der Waals surface area contributed by atoms with E-state index in [2.05, 4.69) is 15.9 Å². The Balaban J connectivity index is 1.35. The maximum absolute atomic E-state index is 9.80. The van der Waals surface area contributed by atoms with E-state index in [1.807, 2.05) is 24.3 Å². The van der Waals surface area contributed by atoms with Crippen LogP contribution < -0.4 is 14.5 Å². The summed E-state index contributed by atoms with van der Waals surface area (Å²) in [5.74, 6) is 2.37. The number of ether oxygens (including phenoxy) is 3. The third-order valence-corrected chi connectivity index (χ3v) is 8.18. The summed E-state index contributed by atoms with van der Waals surface area (Å²) in [6.07, 6.45) is 4.93. The largest absolute Gasteiger partial charge is 0.496 e. The van der Waals surface area contributed by atoms with E-state index >= 15 is 0 Å². The van der Waals surface area contributed by atoms with E-state index in [0.717, 1.165) is 86.0 Å². The van der Waals surface area contributed by atoms with Gasteiger partial charge in [0, 0.05) is 24.2 Å². The molecule has 1 N–H and O–H groups in total. The lowest BCUT2D eigenvalue weighted by Crippen LogP contribution is -2.56. The minimum atomic E-state index is -0.0970. The van der Waals surface area contributed by atoms with E-state index in [1.54, 1.807) is 7.11 Å². The fraction of sp³-hybridized carbons (Fsp3) is 0.519. The Morgan fingerprint density at radius 2 is 1.67 bits per heavy atom. The van der Waals surface area contributed by atoms with Gasteiger partial charge in [0.15, 0.2) is 5.65 Å². The molecule has 9 heteroatoms. The number of nitrogens with zero attached hydrogens (tertiary/aromatic N) is 5. The van der Waals surface area contributed by atoms with Crippen molar-refractivity contribution < 1.29 is 19.3 Å². The quantitative estimate of drug-likeness (QED) is 0.581. The van der Waals surface area contributed by atoms with Crippen molar-refractivity contribution in [2.24, 2.45) is 0 Å². The van der Waals surface area contributed by atoms with Crippen LogP contribution >= 0.6 is 0 Å². The average molecular weight is 490 g/mol. The van der Waals surface area contributed by atoms with Gasteiger partial charge in [0.05, 0.1) is 62.3 Å². The molecule has 4 atom stereocenters. The van der Waals surface area contributed by atoms with Gasteiger partial charge in [0.1, 0.15) is 11.6 Å². The van der Waals surface area contributed by atoms with Crippen molar-refractivity contribution in [1.82, 2.24) is 15.0 Å². The predicted octanol–water partition coefficient (Wildman–Crippen LogP) is 2.93. The zero-order chi connectivity index (χ0) is 24.2. The molecule has 188 valence electrons. The van der Waals surface area contributed by atoms with Crippen LogP contribution in [0, 0.1) is 0 Å². The van der Waals surface area contributed by atoms with Crippen LogP contribution in [0.1, 0.15) is 31.2 Å². The second-order valence-corrected chi connectivity index (χ2v) is 10.3. The Labute approximate surface area is 210 Å². The van der Waals surface area contributed by atoms with Gasteiger partial charge in [0.2, 0.25) is 5.95 Å². The molecule has 36 heavy (non-hydrogen) atoms. The van der Waals surface area contributed by atoms with Crippen molar-refractivity contribution >= 4 is 22.8 Å². The molecule has 3 aromatic rings. The molecule has 6 fully saturated rings. The lowest BCUT2D eigenvalue weighted by Gasteiger charge is -2.47. The number of hydrogen-bond donors (Lipinski definition) is 1. The lowest BCUT2D eigenvalue weighted by atomic mass is 9.96. The third-order valence-electron chi connectivity index (χ3n) is 8.18. The van der Waals surface area contributed by atoms with Crippen LogP contribution in [0.4, 0.5) is 11.8 Å². The van der Waals surface area contributed by atoms with Crippen molar-refractivity contribution in [3.05, 3.63) is 35.9 Å². The van der Waals surface area contributed by atoms with Crippen LogP contribution in [0.5, 0.6) is 5.75 Å². The van der Waals surface area contributed by atoms with Crippen LogP contribution in [0.3, 0.4) is 0 Å². The summed E-state index contributed by atoms with van der Waals surface area (Å²) in [5.41, 5.74) is 3.15. The first-order valence-electron chi connectivity index (χ1n) is 12.9. The zero-order valence-corrected chi connectivity index (χ0v) is 20.5. The van der Waals surface area contributed by atoms with E-state index in [1.165, 1.54) is 0 Å². The van der Waals surface area contributed by atoms with E-state index in [9.17, 15) is 5.11 Å². The predicted molar refractivity (Wildman–Crippen MR) is 135 cm³/mol. The first-order valence-corrected chi connectivity index (χ1v) is 12.9. The highest BCUT2D eigenvalue weighted by atomic mass is 16.5. The van der Waals surface area contributed by atoms with E-state index in [-0.39, 0.29) is 18.8 Å². The van der Waals surface area contributed by atoms with Crippen molar-refractivity contribution in [2.45, 2.75) is 56.6 Å². The van der Waals surface area contributed by atoms with Gasteiger partial charge >= 0.3 is 0 Å². The first kappa shape index (κ1) is 22.2. The number of hydrogen-bond acceptors (Lipinski definition) is 9. The molecule has 6 saturated heterocycles. The van der Waals surface area contributed by atoms with Gasteiger partial charge in [-0.25, -0.2) is 4.98 Å². The molecule has 0 radical (unpaired) electrons. The monoisotopic (exact) mass is 489 g/mol. The number of benzene rings is 1. The van der Waals surface area contributed by atoms with Gasteiger partial charge < -0.3 is 29.1 Å². The van der Waals surface area contributed by atoms with Crippen molar-refractivity contribution in [1.29, 1.82) is 0 Å². The Hall–Kier alpha value is -3.01. The molecular formula is C27H31N5O4. The topological polar surface area (TPSA) is 93.1 Å². The van der Waals surface area contributed by atoms with Gasteiger partial charge in [-0.2, -0.15) is 9.97 Å². The Morgan fingerprint density at radius 1 is 0.917 bits per heavy atom. The van der Waals surface area contributed by atoms with E-state index in [0.29, 0.717) is 23.5 Å². The fourth-order valence-corrected chi connectivity index (χ4v) is 6.16. The molecular weight excluding hydrogens is 458 g/mol. The normalized spacial score (nSPS) is 27.2. The summed E-state index contributed by atoms with van der Waals surface area (Å²) in [6.45, 7) is 3.05. The molecule has 0 aliphatic carbocycles. The van der Waals surface area contributed by atoms with Crippen LogP contribution in [0.2, 0.25) is 0 Å². The summed E-state index contributed by atoms with van der Waals surface area (Å²) in [6, 6.07) is 10.5. The van der Waals surface area contributed by atoms with Gasteiger partial charge in [-0.1, -0.05) is 0 Å². The van der Waals surface area contributed by atoms with Crippen molar-refractivity contribution in [3.8, 4) is 17.0 Å². The number of aliphatic hydroxyl groups is 1. The second-order valence-electron chi connectivity index (χ2n) is 10.3. The molecule has 2 aromatic heterocycles. The van der Waals surface area contributed by atoms with Crippen LogP contribution in [0.25, 0.3) is 22.3 Å². The van der Waals surface area contributed by atoms with Crippen molar-refractivity contribution in [3.63, 3.8) is 0 Å². The minimum Gasteiger partial charge on any atom is -0.496 e. The molecule has 4 bridgehead atoms. The number of fused-ring (bicyclic) bond motifs is 7. The number of aromatic nitrogens is 3. The second kappa shape index (κ2) is 8.83. The Morgan fingerprint density at radius 3 is 2.28 bits per heavy atom. The number of piperidine rings is 2. The molecule has 1 aromatic carbocycles. The molecule has 9 nitrogen and oxygen atoms in total. The lowest BCUT2D eigenvalue weighted by molar-refractivity contribution is -0.0238. The summed E-state index contributed by atoms with van der Waals surface area (Å²) in [5, 5.41) is 10.8. The fourth-order valence-electron chi connectivity index (χ4n) is 6.16. The summed E-state index contributed by atoms with van der Waals surface area (Å²) < 4.78 is 17.3. The van der Waals surface area contributed by atoms with Gasteiger partial charge in [-0.05, 0) is 56.0 Å². The highest BCUT2D eigenvalue weighted by Crippen LogP contribution is 2.37. The summed E-state index contributed by atoms with van der Waals surface area (Å²) in [7, 11) is 1.61. The highest BCUT2D eigenvalue weighted by molar-refractivity contribution is 5.90. The molecule has 4 unspecified atom stereocenters. The molecule has 6 aliphatic rings. The summed E-state index contributed by atoms with van der Waals surface area (Å²) in [4.78, 5) is 20.0. The number of methoxy groups -OCH3 is 1. The van der Waals surface area contributed by atoms with E-state index < -0.39 is 0 Å². The van der Waals surface area contributed by atoms with Crippen molar-refractivity contribution in [2.75, 3.05) is 43.2 Å². The van der Waals surface area contributed by atoms with Crippen LogP contribution in [-0.2, 0) is 16.1 Å². The zero-order valence-electron chi connectivity index (χ0n) is 20.5. The molecule has 8 heterocycles. The maximum Gasteiger partial charge on any atom is 0.229 e.